The summed E-state index contributed by atoms with van der Waals surface area (Å²) in [4.78, 5) is 11.4. The van der Waals surface area contributed by atoms with Gasteiger partial charge in [-0.2, -0.15) is 0 Å². The molecule has 4 nitrogen and oxygen atoms in total. The topological polar surface area (TPSA) is 58.6 Å². The van der Waals surface area contributed by atoms with E-state index < -0.39 is 5.97 Å². The summed E-state index contributed by atoms with van der Waals surface area (Å²) in [6, 6.07) is 24.5. The minimum absolute atomic E-state index is 0.0591. The fourth-order valence-corrected chi connectivity index (χ4v) is 3.69. The number of carbonyl (C=O) groups is 1. The standard InChI is InChI=1S/C25H19Cl2NO3/c26-18-8-5-16(6-9-18)15-31-24-12-7-17-3-1-2-4-20(17)22(24)14-28-19-10-11-23(27)21(13-19)25(29)30/h1-13,28H,14-15H2,(H,29,30). The number of carboxylic acid groups (broad SMARTS) is 1. The number of anilines is 1. The summed E-state index contributed by atoms with van der Waals surface area (Å²) in [6.07, 6.45) is 0. The van der Waals surface area contributed by atoms with Gasteiger partial charge >= 0.3 is 5.97 Å². The summed E-state index contributed by atoms with van der Waals surface area (Å²) in [5, 5.41) is 15.7. The summed E-state index contributed by atoms with van der Waals surface area (Å²) >= 11 is 11.9. The van der Waals surface area contributed by atoms with Crippen LogP contribution in [-0.2, 0) is 13.2 Å². The van der Waals surface area contributed by atoms with E-state index in [0.717, 1.165) is 27.6 Å². The van der Waals surface area contributed by atoms with Gasteiger partial charge in [0.2, 0.25) is 0 Å². The number of rotatable bonds is 7. The molecule has 0 spiro atoms. The first-order chi connectivity index (χ1) is 15.0. The van der Waals surface area contributed by atoms with Gasteiger partial charge in [-0.25, -0.2) is 4.79 Å². The zero-order valence-corrected chi connectivity index (χ0v) is 18.0. The Morgan fingerprint density at radius 3 is 2.48 bits per heavy atom. The molecular weight excluding hydrogens is 433 g/mol. The van der Waals surface area contributed by atoms with E-state index in [1.165, 1.54) is 6.07 Å². The SMILES string of the molecule is O=C(O)c1cc(NCc2c(OCc3ccc(Cl)cc3)ccc3ccccc23)ccc1Cl. The van der Waals surface area contributed by atoms with Crippen molar-refractivity contribution in [1.29, 1.82) is 0 Å². The molecule has 0 radical (unpaired) electrons. The van der Waals surface area contributed by atoms with E-state index in [0.29, 0.717) is 23.9 Å². The second kappa shape index (κ2) is 9.29. The van der Waals surface area contributed by atoms with Crippen molar-refractivity contribution in [2.24, 2.45) is 0 Å². The molecule has 0 aromatic heterocycles. The van der Waals surface area contributed by atoms with Gasteiger partial charge in [-0.1, -0.05) is 65.7 Å². The summed E-state index contributed by atoms with van der Waals surface area (Å²) in [5.41, 5.74) is 2.72. The van der Waals surface area contributed by atoms with Crippen molar-refractivity contribution in [1.82, 2.24) is 0 Å². The van der Waals surface area contributed by atoms with Crippen molar-refractivity contribution in [3.8, 4) is 5.75 Å². The van der Waals surface area contributed by atoms with Gasteiger partial charge < -0.3 is 15.2 Å². The average Bonchev–Trinajstić information content (AvgIpc) is 2.78. The van der Waals surface area contributed by atoms with Crippen molar-refractivity contribution >= 4 is 45.6 Å². The van der Waals surface area contributed by atoms with E-state index >= 15 is 0 Å². The predicted octanol–water partition coefficient (Wildman–Crippen LogP) is 7.04. The molecule has 0 atom stereocenters. The van der Waals surface area contributed by atoms with Gasteiger partial charge in [-0.15, -0.1) is 0 Å². The van der Waals surface area contributed by atoms with Crippen molar-refractivity contribution in [3.63, 3.8) is 0 Å². The fourth-order valence-electron chi connectivity index (χ4n) is 3.36. The molecule has 0 saturated carbocycles. The van der Waals surface area contributed by atoms with Gasteiger partial charge in [0.1, 0.15) is 12.4 Å². The van der Waals surface area contributed by atoms with Gasteiger partial charge in [0, 0.05) is 22.8 Å². The Kier molecular flexibility index (Phi) is 6.31. The molecule has 4 aromatic rings. The van der Waals surface area contributed by atoms with Crippen LogP contribution in [0.2, 0.25) is 10.0 Å². The Labute approximate surface area is 190 Å². The predicted molar refractivity (Wildman–Crippen MR) is 125 cm³/mol. The molecule has 0 fully saturated rings. The third-order valence-corrected chi connectivity index (χ3v) is 5.55. The largest absolute Gasteiger partial charge is 0.489 e. The number of halogens is 2. The van der Waals surface area contributed by atoms with Gasteiger partial charge in [0.25, 0.3) is 0 Å². The van der Waals surface area contributed by atoms with E-state index in [2.05, 4.69) is 5.32 Å². The molecule has 156 valence electrons. The number of carboxylic acids is 1. The van der Waals surface area contributed by atoms with Crippen LogP contribution < -0.4 is 10.1 Å². The molecule has 0 bridgehead atoms. The monoisotopic (exact) mass is 451 g/mol. The quantitative estimate of drug-likeness (QED) is 0.316. The minimum atomic E-state index is -1.06. The van der Waals surface area contributed by atoms with Crippen molar-refractivity contribution in [3.05, 3.63) is 106 Å². The maximum atomic E-state index is 11.4. The lowest BCUT2D eigenvalue weighted by Gasteiger charge is -2.16. The summed E-state index contributed by atoms with van der Waals surface area (Å²) < 4.78 is 6.14. The Hall–Kier alpha value is -3.21. The van der Waals surface area contributed by atoms with Crippen LogP contribution in [0.3, 0.4) is 0 Å². The molecule has 31 heavy (non-hydrogen) atoms. The van der Waals surface area contributed by atoms with Gasteiger partial charge in [0.05, 0.1) is 10.6 Å². The van der Waals surface area contributed by atoms with E-state index in [9.17, 15) is 9.90 Å². The maximum Gasteiger partial charge on any atom is 0.337 e. The van der Waals surface area contributed by atoms with Crippen LogP contribution in [0.1, 0.15) is 21.5 Å². The molecule has 4 aromatic carbocycles. The Morgan fingerprint density at radius 2 is 1.71 bits per heavy atom. The normalized spacial score (nSPS) is 10.8. The third-order valence-electron chi connectivity index (χ3n) is 4.97. The lowest BCUT2D eigenvalue weighted by molar-refractivity contribution is 0.0697. The first-order valence-corrected chi connectivity index (χ1v) is 10.4. The molecule has 0 heterocycles. The third kappa shape index (κ3) is 4.93. The zero-order valence-electron chi connectivity index (χ0n) is 16.4. The number of hydrogen-bond acceptors (Lipinski definition) is 3. The lowest BCUT2D eigenvalue weighted by Crippen LogP contribution is -2.06. The smallest absolute Gasteiger partial charge is 0.337 e. The minimum Gasteiger partial charge on any atom is -0.489 e. The summed E-state index contributed by atoms with van der Waals surface area (Å²) in [7, 11) is 0. The van der Waals surface area contributed by atoms with Crippen LogP contribution in [0.5, 0.6) is 5.75 Å². The van der Waals surface area contributed by atoms with Crippen molar-refractivity contribution in [2.75, 3.05) is 5.32 Å². The van der Waals surface area contributed by atoms with Gasteiger partial charge in [0.15, 0.2) is 0 Å². The van der Waals surface area contributed by atoms with E-state index in [1.807, 2.05) is 60.7 Å². The lowest BCUT2D eigenvalue weighted by atomic mass is 10.0. The molecule has 0 saturated heterocycles. The molecule has 6 heteroatoms. The van der Waals surface area contributed by atoms with E-state index in [1.54, 1.807) is 12.1 Å². The number of ether oxygens (including phenoxy) is 1. The molecule has 4 rings (SSSR count). The number of benzene rings is 4. The highest BCUT2D eigenvalue weighted by Gasteiger charge is 2.12. The second-order valence-electron chi connectivity index (χ2n) is 7.03. The molecule has 0 unspecified atom stereocenters. The zero-order chi connectivity index (χ0) is 21.8. The molecular formula is C25H19Cl2NO3. The molecule has 2 N–H and O–H groups in total. The van der Waals surface area contributed by atoms with Crippen LogP contribution in [0, 0.1) is 0 Å². The second-order valence-corrected chi connectivity index (χ2v) is 7.88. The van der Waals surface area contributed by atoms with Crippen LogP contribution >= 0.6 is 23.2 Å². The van der Waals surface area contributed by atoms with E-state index in [-0.39, 0.29) is 10.6 Å². The Bertz CT molecular complexity index is 1240. The van der Waals surface area contributed by atoms with Crippen molar-refractivity contribution < 1.29 is 14.6 Å². The number of aromatic carboxylic acids is 1. The van der Waals surface area contributed by atoms with Gasteiger partial charge in [-0.05, 0) is 52.7 Å². The van der Waals surface area contributed by atoms with Crippen LogP contribution in [0.15, 0.2) is 78.9 Å². The highest BCUT2D eigenvalue weighted by molar-refractivity contribution is 6.33. The summed E-state index contributed by atoms with van der Waals surface area (Å²) in [5.74, 6) is -0.306. The van der Waals surface area contributed by atoms with Crippen LogP contribution in [0.25, 0.3) is 10.8 Å². The van der Waals surface area contributed by atoms with Crippen LogP contribution in [-0.4, -0.2) is 11.1 Å². The number of nitrogens with one attached hydrogen (secondary N) is 1. The number of fused-ring (bicyclic) bond motifs is 1. The Morgan fingerprint density at radius 1 is 0.935 bits per heavy atom. The van der Waals surface area contributed by atoms with Gasteiger partial charge in [-0.3, -0.25) is 0 Å². The first kappa shape index (κ1) is 21.0. The first-order valence-electron chi connectivity index (χ1n) is 9.66. The van der Waals surface area contributed by atoms with E-state index in [4.69, 9.17) is 27.9 Å². The fraction of sp³-hybridized carbons (Fsp3) is 0.0800. The maximum absolute atomic E-state index is 11.4. The van der Waals surface area contributed by atoms with Crippen LogP contribution in [0.4, 0.5) is 5.69 Å². The summed E-state index contributed by atoms with van der Waals surface area (Å²) in [6.45, 7) is 0.866. The molecule has 0 amide bonds. The molecule has 0 aliphatic carbocycles. The highest BCUT2D eigenvalue weighted by Crippen LogP contribution is 2.30. The Balaban J connectivity index is 1.62. The molecule has 0 aliphatic heterocycles. The average molecular weight is 452 g/mol. The highest BCUT2D eigenvalue weighted by atomic mass is 35.5. The number of hydrogen-bond donors (Lipinski definition) is 2. The molecule has 0 aliphatic rings. The van der Waals surface area contributed by atoms with Crippen molar-refractivity contribution in [2.45, 2.75) is 13.2 Å².